The molecule has 0 radical (unpaired) electrons. The Labute approximate surface area is 94.6 Å². The van der Waals surface area contributed by atoms with Crippen LogP contribution in [0.4, 0.5) is 0 Å². The van der Waals surface area contributed by atoms with E-state index in [2.05, 4.69) is 22.8 Å². The SMILES string of the molecule is c1csc(C2(C3CCNCC3)COC2)c1. The maximum atomic E-state index is 5.50. The van der Waals surface area contributed by atoms with Crippen LogP contribution in [-0.4, -0.2) is 26.3 Å². The lowest BCUT2D eigenvalue weighted by Gasteiger charge is -2.48. The van der Waals surface area contributed by atoms with Crippen LogP contribution in [0.2, 0.25) is 0 Å². The summed E-state index contributed by atoms with van der Waals surface area (Å²) < 4.78 is 5.50. The average Bonchev–Trinajstić information content (AvgIpc) is 2.72. The number of ether oxygens (including phenoxy) is 1. The molecular weight excluding hydrogens is 206 g/mol. The standard InChI is InChI=1S/C12H17NOS/c1-2-11(15-7-1)12(8-14-9-12)10-3-5-13-6-4-10/h1-2,7,10,13H,3-6,8-9H2. The van der Waals surface area contributed by atoms with Crippen LogP contribution in [0.15, 0.2) is 17.5 Å². The molecule has 82 valence electrons. The summed E-state index contributed by atoms with van der Waals surface area (Å²) in [6.07, 6.45) is 2.61. The largest absolute Gasteiger partial charge is 0.379 e. The molecule has 3 heterocycles. The van der Waals surface area contributed by atoms with Crippen LogP contribution in [0, 0.1) is 5.92 Å². The molecule has 1 N–H and O–H groups in total. The van der Waals surface area contributed by atoms with Crippen molar-refractivity contribution in [1.82, 2.24) is 5.32 Å². The van der Waals surface area contributed by atoms with Crippen molar-refractivity contribution in [2.24, 2.45) is 5.92 Å². The van der Waals surface area contributed by atoms with Crippen LogP contribution in [0.5, 0.6) is 0 Å². The number of thiophene rings is 1. The van der Waals surface area contributed by atoms with Gasteiger partial charge in [-0.2, -0.15) is 0 Å². The molecule has 1 aromatic heterocycles. The third-order valence-corrected chi connectivity index (χ3v) is 4.94. The molecule has 2 aliphatic rings. The molecule has 0 aliphatic carbocycles. The Kier molecular flexibility index (Phi) is 2.54. The minimum atomic E-state index is 0.371. The van der Waals surface area contributed by atoms with Crippen molar-refractivity contribution < 1.29 is 4.74 Å². The molecule has 2 nitrogen and oxygen atoms in total. The molecule has 0 saturated carbocycles. The van der Waals surface area contributed by atoms with E-state index in [0.29, 0.717) is 5.41 Å². The van der Waals surface area contributed by atoms with Gasteiger partial charge in [0.2, 0.25) is 0 Å². The zero-order valence-corrected chi connectivity index (χ0v) is 9.69. The highest BCUT2D eigenvalue weighted by Gasteiger charge is 2.47. The Hall–Kier alpha value is -0.380. The zero-order chi connectivity index (χ0) is 10.1. The van der Waals surface area contributed by atoms with Gasteiger partial charge in [0, 0.05) is 4.88 Å². The van der Waals surface area contributed by atoms with Crippen LogP contribution in [-0.2, 0) is 10.2 Å². The number of hydrogen-bond donors (Lipinski definition) is 1. The van der Waals surface area contributed by atoms with Gasteiger partial charge in [-0.15, -0.1) is 11.3 Å². The number of rotatable bonds is 2. The molecule has 2 fully saturated rings. The molecular formula is C12H17NOS. The van der Waals surface area contributed by atoms with Gasteiger partial charge in [0.25, 0.3) is 0 Å². The first-order chi connectivity index (χ1) is 7.42. The fourth-order valence-corrected chi connectivity index (χ4v) is 3.82. The molecule has 0 aromatic carbocycles. The first kappa shape index (κ1) is 9.82. The Morgan fingerprint density at radius 2 is 2.13 bits per heavy atom. The van der Waals surface area contributed by atoms with E-state index in [1.165, 1.54) is 25.9 Å². The number of piperidine rings is 1. The maximum absolute atomic E-state index is 5.50. The predicted octanol–water partition coefficient (Wildman–Crippen LogP) is 2.02. The molecule has 0 spiro atoms. The van der Waals surface area contributed by atoms with Gasteiger partial charge in [0.15, 0.2) is 0 Å². The highest BCUT2D eigenvalue weighted by Crippen LogP contribution is 2.44. The summed E-state index contributed by atoms with van der Waals surface area (Å²) in [7, 11) is 0. The minimum Gasteiger partial charge on any atom is -0.379 e. The summed E-state index contributed by atoms with van der Waals surface area (Å²) in [5.74, 6) is 0.825. The zero-order valence-electron chi connectivity index (χ0n) is 8.87. The first-order valence-corrected chi connectivity index (χ1v) is 6.62. The molecule has 2 saturated heterocycles. The third-order valence-electron chi connectivity index (χ3n) is 3.85. The molecule has 1 aromatic rings. The molecule has 3 heteroatoms. The van der Waals surface area contributed by atoms with E-state index in [1.54, 1.807) is 4.88 Å². The monoisotopic (exact) mass is 223 g/mol. The van der Waals surface area contributed by atoms with Gasteiger partial charge in [-0.1, -0.05) is 6.07 Å². The summed E-state index contributed by atoms with van der Waals surface area (Å²) in [5, 5.41) is 5.63. The van der Waals surface area contributed by atoms with Crippen molar-refractivity contribution in [3.05, 3.63) is 22.4 Å². The van der Waals surface area contributed by atoms with Crippen LogP contribution >= 0.6 is 11.3 Å². The quantitative estimate of drug-likeness (QED) is 0.828. The van der Waals surface area contributed by atoms with Crippen LogP contribution < -0.4 is 5.32 Å². The second-order valence-corrected chi connectivity index (χ2v) is 5.60. The highest BCUT2D eigenvalue weighted by atomic mass is 32.1. The van der Waals surface area contributed by atoms with Crippen molar-refractivity contribution >= 4 is 11.3 Å². The van der Waals surface area contributed by atoms with E-state index in [-0.39, 0.29) is 0 Å². The van der Waals surface area contributed by atoms with E-state index in [1.807, 2.05) is 11.3 Å². The van der Waals surface area contributed by atoms with Gasteiger partial charge >= 0.3 is 0 Å². The van der Waals surface area contributed by atoms with Gasteiger partial charge in [-0.05, 0) is 43.3 Å². The lowest BCUT2D eigenvalue weighted by molar-refractivity contribution is -0.0944. The normalized spacial score (nSPS) is 26.1. The summed E-state index contributed by atoms with van der Waals surface area (Å²) in [4.78, 5) is 1.54. The highest BCUT2D eigenvalue weighted by molar-refractivity contribution is 7.10. The Balaban J connectivity index is 1.85. The van der Waals surface area contributed by atoms with E-state index in [0.717, 1.165) is 19.1 Å². The summed E-state index contributed by atoms with van der Waals surface area (Å²) in [6.45, 7) is 4.24. The fourth-order valence-electron chi connectivity index (χ4n) is 2.84. The molecule has 3 rings (SSSR count). The van der Waals surface area contributed by atoms with E-state index in [4.69, 9.17) is 4.74 Å². The minimum absolute atomic E-state index is 0.371. The average molecular weight is 223 g/mol. The van der Waals surface area contributed by atoms with Gasteiger partial charge in [-0.3, -0.25) is 0 Å². The molecule has 0 unspecified atom stereocenters. The van der Waals surface area contributed by atoms with Crippen LogP contribution in [0.25, 0.3) is 0 Å². The van der Waals surface area contributed by atoms with E-state index < -0.39 is 0 Å². The molecule has 0 amide bonds. The van der Waals surface area contributed by atoms with Crippen molar-refractivity contribution in [2.75, 3.05) is 26.3 Å². The maximum Gasteiger partial charge on any atom is 0.0596 e. The van der Waals surface area contributed by atoms with Crippen molar-refractivity contribution in [3.8, 4) is 0 Å². The molecule has 0 atom stereocenters. The third kappa shape index (κ3) is 1.53. The van der Waals surface area contributed by atoms with E-state index >= 15 is 0 Å². The first-order valence-electron chi connectivity index (χ1n) is 5.74. The van der Waals surface area contributed by atoms with Gasteiger partial charge < -0.3 is 10.1 Å². The van der Waals surface area contributed by atoms with Crippen LogP contribution in [0.1, 0.15) is 17.7 Å². The van der Waals surface area contributed by atoms with E-state index in [9.17, 15) is 0 Å². The number of hydrogen-bond acceptors (Lipinski definition) is 3. The summed E-state index contributed by atoms with van der Waals surface area (Å²) >= 11 is 1.90. The van der Waals surface area contributed by atoms with Crippen LogP contribution in [0.3, 0.4) is 0 Å². The molecule has 0 bridgehead atoms. The lowest BCUT2D eigenvalue weighted by Crippen LogP contribution is -2.54. The van der Waals surface area contributed by atoms with Gasteiger partial charge in [0.05, 0.1) is 18.6 Å². The Morgan fingerprint density at radius 1 is 1.33 bits per heavy atom. The Bertz CT molecular complexity index is 312. The van der Waals surface area contributed by atoms with Crippen molar-refractivity contribution in [2.45, 2.75) is 18.3 Å². The van der Waals surface area contributed by atoms with Gasteiger partial charge in [0.1, 0.15) is 0 Å². The smallest absolute Gasteiger partial charge is 0.0596 e. The molecule has 15 heavy (non-hydrogen) atoms. The second kappa shape index (κ2) is 3.89. The lowest BCUT2D eigenvalue weighted by atomic mass is 9.68. The predicted molar refractivity (Wildman–Crippen MR) is 62.4 cm³/mol. The Morgan fingerprint density at radius 3 is 2.67 bits per heavy atom. The van der Waals surface area contributed by atoms with Crippen molar-refractivity contribution in [1.29, 1.82) is 0 Å². The second-order valence-electron chi connectivity index (χ2n) is 4.65. The number of nitrogens with one attached hydrogen (secondary N) is 1. The summed E-state index contributed by atoms with van der Waals surface area (Å²) in [5.41, 5.74) is 0.371. The van der Waals surface area contributed by atoms with Crippen molar-refractivity contribution in [3.63, 3.8) is 0 Å². The summed E-state index contributed by atoms with van der Waals surface area (Å²) in [6, 6.07) is 4.45. The topological polar surface area (TPSA) is 21.3 Å². The molecule has 2 aliphatic heterocycles. The van der Waals surface area contributed by atoms with Gasteiger partial charge in [-0.25, -0.2) is 0 Å². The fraction of sp³-hybridized carbons (Fsp3) is 0.667.